The largest absolute Gasteiger partial charge is 0.481 e. The van der Waals surface area contributed by atoms with Crippen LogP contribution < -0.4 is 0 Å². The van der Waals surface area contributed by atoms with E-state index in [-0.39, 0.29) is 31.4 Å². The Hall–Kier alpha value is -1.52. The Balaban J connectivity index is 2.13. The molecule has 0 spiro atoms. The maximum absolute atomic E-state index is 12.8. The van der Waals surface area contributed by atoms with Gasteiger partial charge in [0.05, 0.1) is 12.5 Å². The summed E-state index contributed by atoms with van der Waals surface area (Å²) in [4.78, 5) is 15.4. The molecule has 0 bridgehead atoms. The molecule has 1 atom stereocenters. The molecular formula is C14H24N4O5S. The Kier molecular flexibility index (Phi) is 5.94. The zero-order valence-corrected chi connectivity index (χ0v) is 15.0. The summed E-state index contributed by atoms with van der Waals surface area (Å²) in [6.07, 6.45) is 1.03. The van der Waals surface area contributed by atoms with Gasteiger partial charge in [-0.2, -0.15) is 22.0 Å². The van der Waals surface area contributed by atoms with Crippen LogP contribution in [-0.2, 0) is 21.5 Å². The van der Waals surface area contributed by atoms with Crippen LogP contribution in [0.2, 0.25) is 0 Å². The van der Waals surface area contributed by atoms with Gasteiger partial charge in [-0.3, -0.25) is 4.79 Å². The highest BCUT2D eigenvalue weighted by molar-refractivity contribution is 7.86. The summed E-state index contributed by atoms with van der Waals surface area (Å²) < 4.78 is 33.2. The highest BCUT2D eigenvalue weighted by atomic mass is 32.2. The number of carboxylic acids is 1. The van der Waals surface area contributed by atoms with Gasteiger partial charge in [0.15, 0.2) is 5.82 Å². The van der Waals surface area contributed by atoms with Crippen LogP contribution in [0.4, 0.5) is 0 Å². The van der Waals surface area contributed by atoms with E-state index < -0.39 is 22.1 Å². The molecule has 9 nitrogen and oxygen atoms in total. The van der Waals surface area contributed by atoms with E-state index in [0.29, 0.717) is 25.2 Å². The second kappa shape index (κ2) is 7.58. The van der Waals surface area contributed by atoms with Gasteiger partial charge in [-0.1, -0.05) is 25.9 Å². The van der Waals surface area contributed by atoms with Crippen molar-refractivity contribution < 1.29 is 22.8 Å². The molecule has 0 saturated carbocycles. The Bertz CT molecular complexity index is 672. The average molecular weight is 360 g/mol. The number of piperidine rings is 1. The summed E-state index contributed by atoms with van der Waals surface area (Å²) >= 11 is 0. The molecule has 1 aliphatic heterocycles. The van der Waals surface area contributed by atoms with Crippen LogP contribution in [0.3, 0.4) is 0 Å². The van der Waals surface area contributed by atoms with E-state index >= 15 is 0 Å². The molecule has 24 heavy (non-hydrogen) atoms. The number of hydrogen-bond donors (Lipinski definition) is 1. The van der Waals surface area contributed by atoms with E-state index in [9.17, 15) is 13.2 Å². The monoisotopic (exact) mass is 360 g/mol. The second-order valence-electron chi connectivity index (χ2n) is 6.17. The van der Waals surface area contributed by atoms with Gasteiger partial charge in [0.2, 0.25) is 5.89 Å². The minimum Gasteiger partial charge on any atom is -0.481 e. The zero-order valence-electron chi connectivity index (χ0n) is 14.2. The number of nitrogens with zero attached hydrogens (tertiary/aromatic N) is 4. The predicted octanol–water partition coefficient (Wildman–Crippen LogP) is 1.06. The Morgan fingerprint density at radius 2 is 2.21 bits per heavy atom. The molecule has 1 saturated heterocycles. The van der Waals surface area contributed by atoms with Gasteiger partial charge in [-0.25, -0.2) is 0 Å². The third kappa shape index (κ3) is 4.11. The van der Waals surface area contributed by atoms with Crippen molar-refractivity contribution in [1.29, 1.82) is 0 Å². The maximum atomic E-state index is 12.8. The number of carbonyl (C=O) groups is 1. The maximum Gasteiger partial charge on any atom is 0.307 e. The summed E-state index contributed by atoms with van der Waals surface area (Å²) in [5, 5.41) is 13.0. The van der Waals surface area contributed by atoms with Crippen LogP contribution in [0.5, 0.6) is 0 Å². The molecule has 1 aromatic rings. The number of aromatic nitrogens is 2. The summed E-state index contributed by atoms with van der Waals surface area (Å²) in [5.41, 5.74) is 0. The van der Waals surface area contributed by atoms with Gasteiger partial charge in [0, 0.05) is 25.6 Å². The zero-order chi connectivity index (χ0) is 17.9. The normalized spacial score (nSPS) is 20.0. The molecule has 0 radical (unpaired) electrons. The summed E-state index contributed by atoms with van der Waals surface area (Å²) in [6.45, 7) is 6.09. The minimum absolute atomic E-state index is 0.00472. The van der Waals surface area contributed by atoms with Crippen LogP contribution in [-0.4, -0.2) is 57.9 Å². The third-order valence-electron chi connectivity index (χ3n) is 4.05. The van der Waals surface area contributed by atoms with Gasteiger partial charge in [0.1, 0.15) is 0 Å². The minimum atomic E-state index is -3.77. The highest BCUT2D eigenvalue weighted by Gasteiger charge is 2.36. The SMILES string of the molecule is CCN(Cc1nc(C(C)C)no1)S(=O)(=O)N1CCCC(C(=O)O)C1. The number of rotatable bonds is 7. The lowest BCUT2D eigenvalue weighted by Gasteiger charge is -2.33. The molecule has 0 aliphatic carbocycles. The lowest BCUT2D eigenvalue weighted by atomic mass is 10.0. The lowest BCUT2D eigenvalue weighted by molar-refractivity contribution is -0.142. The van der Waals surface area contributed by atoms with Gasteiger partial charge in [-0.15, -0.1) is 0 Å². The highest BCUT2D eigenvalue weighted by Crippen LogP contribution is 2.22. The van der Waals surface area contributed by atoms with E-state index in [1.807, 2.05) is 13.8 Å². The van der Waals surface area contributed by atoms with Crippen molar-refractivity contribution >= 4 is 16.2 Å². The molecule has 1 aromatic heterocycles. The molecule has 0 aromatic carbocycles. The fourth-order valence-electron chi connectivity index (χ4n) is 2.59. The summed E-state index contributed by atoms with van der Waals surface area (Å²) in [5.74, 6) is -0.773. The average Bonchev–Trinajstić information content (AvgIpc) is 3.01. The third-order valence-corrected chi connectivity index (χ3v) is 6.07. The summed E-state index contributed by atoms with van der Waals surface area (Å²) in [6, 6.07) is 0. The molecule has 1 N–H and O–H groups in total. The van der Waals surface area contributed by atoms with E-state index in [0.717, 1.165) is 0 Å². The summed E-state index contributed by atoms with van der Waals surface area (Å²) in [7, 11) is -3.77. The van der Waals surface area contributed by atoms with E-state index in [4.69, 9.17) is 9.63 Å². The van der Waals surface area contributed by atoms with Crippen molar-refractivity contribution in [1.82, 2.24) is 18.8 Å². The van der Waals surface area contributed by atoms with Gasteiger partial charge in [-0.05, 0) is 12.8 Å². The lowest BCUT2D eigenvalue weighted by Crippen LogP contribution is -2.48. The first kappa shape index (κ1) is 18.8. The molecule has 10 heteroatoms. The standard InChI is InChI=1S/C14H24N4O5S/c1-4-17(9-12-15-13(10(2)3)16-23-12)24(21,22)18-7-5-6-11(8-18)14(19)20/h10-11H,4-9H2,1-3H3,(H,19,20). The van der Waals surface area contributed by atoms with Crippen molar-refractivity contribution in [3.05, 3.63) is 11.7 Å². The van der Waals surface area contributed by atoms with E-state index in [1.165, 1.54) is 8.61 Å². The van der Waals surface area contributed by atoms with Gasteiger partial charge < -0.3 is 9.63 Å². The molecule has 1 aliphatic rings. The Morgan fingerprint density at radius 3 is 2.75 bits per heavy atom. The second-order valence-corrected chi connectivity index (χ2v) is 8.10. The van der Waals surface area contributed by atoms with Crippen LogP contribution in [0.15, 0.2) is 4.52 Å². The molecule has 1 fully saturated rings. The van der Waals surface area contributed by atoms with Crippen molar-refractivity contribution in [2.24, 2.45) is 5.92 Å². The smallest absolute Gasteiger partial charge is 0.307 e. The van der Waals surface area contributed by atoms with Crippen molar-refractivity contribution in [2.45, 2.75) is 46.1 Å². The van der Waals surface area contributed by atoms with Crippen molar-refractivity contribution in [2.75, 3.05) is 19.6 Å². The van der Waals surface area contributed by atoms with Gasteiger partial charge in [0.25, 0.3) is 10.2 Å². The fraction of sp³-hybridized carbons (Fsp3) is 0.786. The molecule has 2 rings (SSSR count). The Labute approximate surface area is 141 Å². The molecular weight excluding hydrogens is 336 g/mol. The van der Waals surface area contributed by atoms with Crippen LogP contribution in [0.25, 0.3) is 0 Å². The Morgan fingerprint density at radius 1 is 1.50 bits per heavy atom. The van der Waals surface area contributed by atoms with E-state index in [2.05, 4.69) is 10.1 Å². The number of carboxylic acid groups (broad SMARTS) is 1. The van der Waals surface area contributed by atoms with Crippen LogP contribution in [0.1, 0.15) is 51.2 Å². The first-order valence-electron chi connectivity index (χ1n) is 8.06. The molecule has 136 valence electrons. The number of hydrogen-bond acceptors (Lipinski definition) is 6. The van der Waals surface area contributed by atoms with Crippen molar-refractivity contribution in [3.63, 3.8) is 0 Å². The quantitative estimate of drug-likeness (QED) is 0.772. The van der Waals surface area contributed by atoms with Crippen LogP contribution in [0, 0.1) is 5.92 Å². The molecule has 2 heterocycles. The first-order valence-corrected chi connectivity index (χ1v) is 9.45. The van der Waals surface area contributed by atoms with E-state index in [1.54, 1.807) is 6.92 Å². The first-order chi connectivity index (χ1) is 11.3. The van der Waals surface area contributed by atoms with Crippen molar-refractivity contribution in [3.8, 4) is 0 Å². The fourth-order valence-corrected chi connectivity index (χ4v) is 4.25. The number of aliphatic carboxylic acids is 1. The van der Waals surface area contributed by atoms with Crippen LogP contribution >= 0.6 is 0 Å². The topological polar surface area (TPSA) is 117 Å². The molecule has 0 amide bonds. The molecule has 1 unspecified atom stereocenters. The van der Waals surface area contributed by atoms with Gasteiger partial charge >= 0.3 is 5.97 Å². The predicted molar refractivity (Wildman–Crippen MR) is 85.3 cm³/mol.